The first kappa shape index (κ1) is 14.9. The number of hydrogen-bond acceptors (Lipinski definition) is 3. The highest BCUT2D eigenvalue weighted by molar-refractivity contribution is 5.96. The van der Waals surface area contributed by atoms with E-state index in [0.717, 1.165) is 17.9 Å². The quantitative estimate of drug-likeness (QED) is 0.848. The van der Waals surface area contributed by atoms with E-state index in [1.807, 2.05) is 18.2 Å². The van der Waals surface area contributed by atoms with Gasteiger partial charge in [-0.1, -0.05) is 12.1 Å². The molecule has 1 amide bonds. The van der Waals surface area contributed by atoms with Gasteiger partial charge < -0.3 is 16.0 Å². The Kier molecular flexibility index (Phi) is 4.48. The molecule has 110 valence electrons. The Morgan fingerprint density at radius 2 is 2.00 bits per heavy atom. The lowest BCUT2D eigenvalue weighted by Gasteiger charge is -2.25. The molecule has 0 bridgehead atoms. The van der Waals surface area contributed by atoms with Gasteiger partial charge in [-0.25, -0.2) is 0 Å². The summed E-state index contributed by atoms with van der Waals surface area (Å²) in [4.78, 5) is 13.9. The number of carbonyl (C=O) groups excluding carboxylic acids is 1. The zero-order chi connectivity index (χ0) is 15.4. The summed E-state index contributed by atoms with van der Waals surface area (Å²) < 4.78 is 0. The maximum atomic E-state index is 11.8. The normalized spacial score (nSPS) is 10.2. The summed E-state index contributed by atoms with van der Waals surface area (Å²) in [7, 11) is 1.62. The molecule has 0 aromatic heterocycles. The first-order chi connectivity index (χ1) is 10.1. The van der Waals surface area contributed by atoms with Crippen LogP contribution < -0.4 is 16.0 Å². The number of rotatable bonds is 4. The van der Waals surface area contributed by atoms with E-state index in [1.165, 1.54) is 5.56 Å². The van der Waals surface area contributed by atoms with E-state index in [0.29, 0.717) is 11.3 Å². The van der Waals surface area contributed by atoms with Crippen molar-refractivity contribution in [1.29, 1.82) is 0 Å². The number of nitrogens with one attached hydrogen (secondary N) is 1. The smallest absolute Gasteiger partial charge is 0.251 e. The zero-order valence-electron chi connectivity index (χ0n) is 12.7. The Bertz CT molecular complexity index is 652. The largest absolute Gasteiger partial charge is 0.397 e. The SMILES string of the molecule is CCN(c1cccc(C)c1)c1cc(C(=O)NC)ccc1N. The molecule has 4 heteroatoms. The molecule has 0 aliphatic heterocycles. The standard InChI is InChI=1S/C17H21N3O/c1-4-20(14-7-5-6-12(2)10-14)16-11-13(17(21)19-3)8-9-15(16)18/h5-11H,4,18H2,1-3H3,(H,19,21). The molecule has 0 aliphatic carbocycles. The third-order valence-corrected chi connectivity index (χ3v) is 3.44. The van der Waals surface area contributed by atoms with Gasteiger partial charge in [-0.15, -0.1) is 0 Å². The van der Waals surface area contributed by atoms with Crippen LogP contribution in [-0.2, 0) is 0 Å². The minimum absolute atomic E-state index is 0.114. The van der Waals surface area contributed by atoms with Crippen LogP contribution in [0.1, 0.15) is 22.8 Å². The van der Waals surface area contributed by atoms with Crippen LogP contribution in [0.25, 0.3) is 0 Å². The molecule has 2 rings (SSSR count). The molecule has 21 heavy (non-hydrogen) atoms. The second kappa shape index (κ2) is 6.31. The molecule has 2 aromatic carbocycles. The number of nitrogen functional groups attached to an aromatic ring is 1. The van der Waals surface area contributed by atoms with Crippen LogP contribution >= 0.6 is 0 Å². The second-order valence-corrected chi connectivity index (χ2v) is 4.94. The summed E-state index contributed by atoms with van der Waals surface area (Å²) in [5.41, 5.74) is 10.5. The molecule has 0 atom stereocenters. The summed E-state index contributed by atoms with van der Waals surface area (Å²) in [5, 5.41) is 2.64. The maximum Gasteiger partial charge on any atom is 0.251 e. The van der Waals surface area contributed by atoms with Gasteiger partial charge in [0.1, 0.15) is 0 Å². The lowest BCUT2D eigenvalue weighted by Crippen LogP contribution is -2.21. The van der Waals surface area contributed by atoms with Gasteiger partial charge in [-0.2, -0.15) is 0 Å². The summed E-state index contributed by atoms with van der Waals surface area (Å²) in [6.07, 6.45) is 0. The molecule has 0 saturated carbocycles. The second-order valence-electron chi connectivity index (χ2n) is 4.94. The number of amides is 1. The summed E-state index contributed by atoms with van der Waals surface area (Å²) in [6.45, 7) is 4.89. The highest BCUT2D eigenvalue weighted by Gasteiger charge is 2.13. The molecule has 0 saturated heterocycles. The number of nitrogens with two attached hydrogens (primary N) is 1. The number of anilines is 3. The minimum Gasteiger partial charge on any atom is -0.397 e. The van der Waals surface area contributed by atoms with Crippen molar-refractivity contribution in [2.24, 2.45) is 0 Å². The maximum absolute atomic E-state index is 11.8. The van der Waals surface area contributed by atoms with Crippen LogP contribution in [0.5, 0.6) is 0 Å². The van der Waals surface area contributed by atoms with E-state index in [-0.39, 0.29) is 5.91 Å². The highest BCUT2D eigenvalue weighted by atomic mass is 16.1. The van der Waals surface area contributed by atoms with Crippen molar-refractivity contribution in [2.45, 2.75) is 13.8 Å². The van der Waals surface area contributed by atoms with Crippen molar-refractivity contribution in [3.8, 4) is 0 Å². The fraction of sp³-hybridized carbons (Fsp3) is 0.235. The van der Waals surface area contributed by atoms with E-state index in [2.05, 4.69) is 36.2 Å². The van der Waals surface area contributed by atoms with E-state index < -0.39 is 0 Å². The van der Waals surface area contributed by atoms with E-state index in [4.69, 9.17) is 5.73 Å². The topological polar surface area (TPSA) is 58.4 Å². The molecule has 4 nitrogen and oxygen atoms in total. The van der Waals surface area contributed by atoms with Gasteiger partial charge in [-0.05, 0) is 49.7 Å². The first-order valence-corrected chi connectivity index (χ1v) is 7.02. The Hall–Kier alpha value is -2.49. The van der Waals surface area contributed by atoms with Gasteiger partial charge in [0.25, 0.3) is 5.91 Å². The Morgan fingerprint density at radius 1 is 1.24 bits per heavy atom. The Balaban J connectivity index is 2.49. The van der Waals surface area contributed by atoms with Gasteiger partial charge in [-0.3, -0.25) is 4.79 Å². The van der Waals surface area contributed by atoms with Crippen molar-refractivity contribution in [1.82, 2.24) is 5.32 Å². The lowest BCUT2D eigenvalue weighted by molar-refractivity contribution is 0.0963. The van der Waals surface area contributed by atoms with Crippen LogP contribution in [-0.4, -0.2) is 19.5 Å². The Labute approximate surface area is 125 Å². The summed E-state index contributed by atoms with van der Waals surface area (Å²) in [5.74, 6) is -0.114. The fourth-order valence-corrected chi connectivity index (χ4v) is 2.35. The van der Waals surface area contributed by atoms with Crippen LogP contribution in [0.4, 0.5) is 17.1 Å². The minimum atomic E-state index is -0.114. The van der Waals surface area contributed by atoms with Crippen molar-refractivity contribution in [2.75, 3.05) is 24.2 Å². The molecule has 3 N–H and O–H groups in total. The molecule has 0 spiro atoms. The Morgan fingerprint density at radius 3 is 2.62 bits per heavy atom. The molecule has 2 aromatic rings. The number of nitrogens with zero attached hydrogens (tertiary/aromatic N) is 1. The van der Waals surface area contributed by atoms with Gasteiger partial charge in [0.15, 0.2) is 0 Å². The fourth-order valence-electron chi connectivity index (χ4n) is 2.35. The summed E-state index contributed by atoms with van der Waals surface area (Å²) >= 11 is 0. The van der Waals surface area contributed by atoms with Crippen LogP contribution in [0.2, 0.25) is 0 Å². The van der Waals surface area contributed by atoms with Gasteiger partial charge in [0.05, 0.1) is 11.4 Å². The predicted molar refractivity (Wildman–Crippen MR) is 88.1 cm³/mol. The van der Waals surface area contributed by atoms with Crippen molar-refractivity contribution in [3.05, 3.63) is 53.6 Å². The number of aryl methyl sites for hydroxylation is 1. The molecule has 0 aliphatic rings. The van der Waals surface area contributed by atoms with E-state index in [1.54, 1.807) is 19.2 Å². The molecule has 0 unspecified atom stereocenters. The van der Waals surface area contributed by atoms with Gasteiger partial charge >= 0.3 is 0 Å². The monoisotopic (exact) mass is 283 g/mol. The van der Waals surface area contributed by atoms with Gasteiger partial charge in [0, 0.05) is 24.8 Å². The van der Waals surface area contributed by atoms with Crippen molar-refractivity contribution < 1.29 is 4.79 Å². The van der Waals surface area contributed by atoms with Crippen LogP contribution in [0, 0.1) is 6.92 Å². The lowest BCUT2D eigenvalue weighted by atomic mass is 10.1. The molecule has 0 heterocycles. The average Bonchev–Trinajstić information content (AvgIpc) is 2.49. The third kappa shape index (κ3) is 3.16. The molecule has 0 fully saturated rings. The first-order valence-electron chi connectivity index (χ1n) is 7.02. The van der Waals surface area contributed by atoms with E-state index >= 15 is 0 Å². The molecule has 0 radical (unpaired) electrons. The van der Waals surface area contributed by atoms with Crippen molar-refractivity contribution >= 4 is 23.0 Å². The molecular formula is C17H21N3O. The van der Waals surface area contributed by atoms with Crippen LogP contribution in [0.3, 0.4) is 0 Å². The number of benzene rings is 2. The third-order valence-electron chi connectivity index (χ3n) is 3.44. The predicted octanol–water partition coefficient (Wildman–Crippen LogP) is 3.09. The van der Waals surface area contributed by atoms with Crippen molar-refractivity contribution in [3.63, 3.8) is 0 Å². The van der Waals surface area contributed by atoms with E-state index in [9.17, 15) is 4.79 Å². The zero-order valence-corrected chi connectivity index (χ0v) is 12.7. The highest BCUT2D eigenvalue weighted by Crippen LogP contribution is 2.31. The number of carbonyl (C=O) groups is 1. The molecular weight excluding hydrogens is 262 g/mol. The van der Waals surface area contributed by atoms with Crippen LogP contribution in [0.15, 0.2) is 42.5 Å². The number of hydrogen-bond donors (Lipinski definition) is 2. The van der Waals surface area contributed by atoms with Gasteiger partial charge in [0.2, 0.25) is 0 Å². The summed E-state index contributed by atoms with van der Waals surface area (Å²) in [6, 6.07) is 13.6. The average molecular weight is 283 g/mol.